The van der Waals surface area contributed by atoms with Crippen molar-refractivity contribution in [3.8, 4) is 22.9 Å². The van der Waals surface area contributed by atoms with Gasteiger partial charge in [-0.25, -0.2) is 39.7 Å². The molecule has 5 N–H and O–H groups in total. The van der Waals surface area contributed by atoms with Gasteiger partial charge in [-0.3, -0.25) is 9.59 Å². The monoisotopic (exact) mass is 1210 g/mol. The van der Waals surface area contributed by atoms with E-state index < -0.39 is 11.9 Å². The number of ketones is 2. The summed E-state index contributed by atoms with van der Waals surface area (Å²) in [6.07, 6.45) is 11.7. The molecule has 0 atom stereocenters. The molecule has 28 heteroatoms. The van der Waals surface area contributed by atoms with Crippen LogP contribution < -0.4 is 38.9 Å². The number of carbonyl (C=O) groups is 3. The van der Waals surface area contributed by atoms with Crippen molar-refractivity contribution in [3.63, 3.8) is 0 Å². The molecule has 11 heterocycles. The van der Waals surface area contributed by atoms with Crippen molar-refractivity contribution in [2.24, 2.45) is 0 Å². The number of hydrogen-bond donors (Lipinski definition) is 2. The van der Waals surface area contributed by atoms with Crippen molar-refractivity contribution >= 4 is 66.8 Å². The molecule has 414 valence electrons. The van der Waals surface area contributed by atoms with Gasteiger partial charge < -0.3 is 68.3 Å². The predicted molar refractivity (Wildman–Crippen MR) is 285 cm³/mol. The number of nitrogens with one attached hydrogen (secondary N) is 1. The number of anilines is 3. The number of ether oxygens (including phenoxy) is 4. The third-order valence-corrected chi connectivity index (χ3v) is 11.6. The van der Waals surface area contributed by atoms with E-state index in [9.17, 15) is 18.8 Å². The third kappa shape index (κ3) is 22.5. The number of rotatable bonds is 8. The van der Waals surface area contributed by atoms with Gasteiger partial charge in [0.2, 0.25) is 17.7 Å². The number of carbonyl (C=O) groups excluding carboxylic acids is 2. The molecule has 0 unspecified atom stereocenters. The summed E-state index contributed by atoms with van der Waals surface area (Å²) in [6.45, 7) is 16.2. The van der Waals surface area contributed by atoms with Crippen LogP contribution in [0.25, 0.3) is 22.9 Å². The van der Waals surface area contributed by atoms with Crippen LogP contribution in [0, 0.1) is 5.95 Å². The first-order valence-electron chi connectivity index (χ1n) is 23.6. The number of morpholine rings is 4. The van der Waals surface area contributed by atoms with Crippen LogP contribution in [0.3, 0.4) is 0 Å². The minimum absolute atomic E-state index is 0. The summed E-state index contributed by atoms with van der Waals surface area (Å²) in [5.41, 5.74) is 2.13. The maximum atomic E-state index is 12.0. The summed E-state index contributed by atoms with van der Waals surface area (Å²) in [5, 5.41) is 12.0. The molecule has 0 radical (unpaired) electrons. The van der Waals surface area contributed by atoms with Crippen LogP contribution in [-0.4, -0.2) is 174 Å². The van der Waals surface area contributed by atoms with E-state index in [0.717, 1.165) is 113 Å². The van der Waals surface area contributed by atoms with Crippen LogP contribution >= 0.6 is 31.9 Å². The van der Waals surface area contributed by atoms with Gasteiger partial charge in [-0.05, 0) is 42.5 Å². The molecule has 0 saturated carbocycles. The van der Waals surface area contributed by atoms with E-state index >= 15 is 0 Å². The first-order valence-corrected chi connectivity index (χ1v) is 25.1. The maximum absolute atomic E-state index is 12.0. The fraction of sp³-hybridized carbons (Fsp3) is 0.360. The van der Waals surface area contributed by atoms with Crippen LogP contribution in [0.4, 0.5) is 21.8 Å². The van der Waals surface area contributed by atoms with Crippen molar-refractivity contribution in [2.75, 3.05) is 120 Å². The Labute approximate surface area is 477 Å². The summed E-state index contributed by atoms with van der Waals surface area (Å²) < 4.78 is 49.8. The molecule has 0 amide bonds. The van der Waals surface area contributed by atoms with Crippen molar-refractivity contribution in [2.45, 2.75) is 13.8 Å². The molecule has 0 spiro atoms. The number of hydrogen-bond acceptors (Lipinski definition) is 22. The molecule has 11 rings (SSSR count). The number of aromatic nitrogens is 7. The van der Waals surface area contributed by atoms with Gasteiger partial charge in [-0.1, -0.05) is 31.9 Å². The van der Waals surface area contributed by atoms with Gasteiger partial charge in [0.25, 0.3) is 0 Å². The number of oxazole rings is 3. The zero-order valence-corrected chi connectivity index (χ0v) is 46.3. The van der Waals surface area contributed by atoms with Crippen molar-refractivity contribution in [1.29, 1.82) is 0 Å². The van der Waals surface area contributed by atoms with Gasteiger partial charge in [0.1, 0.15) is 47.6 Å². The van der Waals surface area contributed by atoms with Crippen molar-refractivity contribution in [3.05, 3.63) is 130 Å². The zero-order valence-electron chi connectivity index (χ0n) is 43.1. The maximum Gasteiger partial charge on any atom is 1.00 e. The van der Waals surface area contributed by atoms with Crippen molar-refractivity contribution in [1.82, 2.24) is 40.2 Å². The second kappa shape index (κ2) is 35.9. The quantitative estimate of drug-likeness (QED) is 0.125. The Kier molecular flexibility index (Phi) is 30.4. The second-order valence-electron chi connectivity index (χ2n) is 16.0. The van der Waals surface area contributed by atoms with Crippen LogP contribution in [0.15, 0.2) is 121 Å². The standard InChI is InChI=1S/C14H15N3O3.C13H13N3O4.C9H11BrN2O.C5H3BrFN.C5H5NO2.C4H9NO.Li.2H2O/c1-10(18)12-9-20-14(16-12)11-2-3-15-13(8-11)17-4-6-19-7-5-17;17-13(18)10-8-20-12(15-10)9-1-2-14-11(7-9)16-3-5-19-6-4-16;10-8-1-2-11-9(7-8)12-3-5-13-6-4-12;6-4-1-2-8-5(7)3-4;1-4(7)5-2-8-3-6-5;1-3-6-4-2-5-1;;;/h2-3,8-9H,4-7H2,1H3;1-2,7-8H,3-6H2,(H,17,18);1-2,7H,3-6H2;1-3H;2-3H,1H3;5H,1-4H2;;2*1H2/q;;;;;;+1;;/p-1. The molecule has 0 bridgehead atoms. The topological polar surface area (TPSA) is 321 Å². The van der Waals surface area contributed by atoms with Gasteiger partial charge in [0, 0.05) is 117 Å². The average molecular weight is 1210 g/mol. The summed E-state index contributed by atoms with van der Waals surface area (Å²) >= 11 is 6.51. The molecule has 7 aromatic heterocycles. The summed E-state index contributed by atoms with van der Waals surface area (Å²) in [4.78, 5) is 67.0. The van der Waals surface area contributed by atoms with Gasteiger partial charge in [0.15, 0.2) is 23.7 Å². The average Bonchev–Trinajstić information content (AvgIpc) is 4.29. The molecule has 4 saturated heterocycles. The Morgan fingerprint density at radius 1 is 0.564 bits per heavy atom. The van der Waals surface area contributed by atoms with E-state index in [4.69, 9.17) is 32.9 Å². The predicted octanol–water partition coefficient (Wildman–Crippen LogP) is 3.20. The molecule has 24 nitrogen and oxygen atoms in total. The minimum atomic E-state index is -1.11. The van der Waals surface area contributed by atoms with Gasteiger partial charge >= 0.3 is 24.8 Å². The van der Waals surface area contributed by atoms with E-state index in [1.165, 1.54) is 45.0 Å². The number of Topliss-reactive ketones (excluding diaryl/α,β-unsaturated/α-hetero) is 2. The third-order valence-electron chi connectivity index (χ3n) is 10.6. The van der Waals surface area contributed by atoms with Crippen LogP contribution in [-0.2, 0) is 18.9 Å². The van der Waals surface area contributed by atoms with Gasteiger partial charge in [-0.15, -0.1) is 0 Å². The van der Waals surface area contributed by atoms with E-state index in [0.29, 0.717) is 53.7 Å². The van der Waals surface area contributed by atoms with E-state index in [1.807, 2.05) is 36.5 Å². The number of carboxylic acids is 1. The molecule has 4 aliphatic rings. The normalized spacial score (nSPS) is 14.5. The number of aromatic carboxylic acids is 1. The Bertz CT molecular complexity index is 2690. The zero-order chi connectivity index (χ0) is 53.2. The van der Waals surface area contributed by atoms with Crippen molar-refractivity contribution < 1.29 is 85.9 Å². The summed E-state index contributed by atoms with van der Waals surface area (Å²) in [7, 11) is 0. The molecule has 4 fully saturated rings. The molecule has 4 aliphatic heterocycles. The minimum Gasteiger partial charge on any atom is -0.870 e. The molecule has 0 aromatic carbocycles. The van der Waals surface area contributed by atoms with Crippen LogP contribution in [0.5, 0.6) is 0 Å². The Morgan fingerprint density at radius 3 is 1.29 bits per heavy atom. The van der Waals surface area contributed by atoms with E-state index in [2.05, 4.69) is 91.2 Å². The first-order chi connectivity index (χ1) is 36.4. The summed E-state index contributed by atoms with van der Waals surface area (Å²) in [5.74, 6) is 1.67. The molecular formula is C50H59Br2FLiN11O13. The number of pyridine rings is 4. The first kappa shape index (κ1) is 65.9. The number of nitrogens with zero attached hydrogens (tertiary/aromatic N) is 10. The smallest absolute Gasteiger partial charge is 0.870 e. The SMILES string of the molecule is Brc1ccnc(N2CCOCC2)c1.C1COCCN1.CC(=O)c1coc(-c2ccnc(N3CCOCC3)c2)n1.CC(=O)c1cocn1.Fc1cc(Br)ccn1.O.O=C(O)c1coc(-c2ccnc(N3CCOCC3)c2)n1.[Li+].[OH-]. The largest absolute Gasteiger partial charge is 1.00 e. The van der Waals surface area contributed by atoms with E-state index in [-0.39, 0.29) is 53.0 Å². The fourth-order valence-electron chi connectivity index (χ4n) is 6.75. The van der Waals surface area contributed by atoms with Gasteiger partial charge in [0.05, 0.1) is 52.9 Å². The Balaban J connectivity index is 0.000000257. The van der Waals surface area contributed by atoms with Crippen LogP contribution in [0.1, 0.15) is 45.3 Å². The second-order valence-corrected chi connectivity index (χ2v) is 17.8. The van der Waals surface area contributed by atoms with Gasteiger partial charge in [-0.2, -0.15) is 4.39 Å². The molecule has 78 heavy (non-hydrogen) atoms. The fourth-order valence-corrected chi connectivity index (χ4v) is 7.38. The molecular weight excluding hydrogens is 1150 g/mol. The number of halogens is 3. The number of carboxylic acid groups (broad SMARTS) is 1. The Hall–Kier alpha value is -6.35. The molecule has 7 aromatic rings. The van der Waals surface area contributed by atoms with E-state index in [1.54, 1.807) is 24.5 Å². The summed E-state index contributed by atoms with van der Waals surface area (Å²) in [6, 6.07) is 14.3. The molecule has 0 aliphatic carbocycles. The Morgan fingerprint density at radius 2 is 0.974 bits per heavy atom. The van der Waals surface area contributed by atoms with Crippen LogP contribution in [0.2, 0.25) is 0 Å².